The van der Waals surface area contributed by atoms with Crippen LogP contribution in [-0.4, -0.2) is 27.3 Å². The molecular formula is C12H13ClN4O. The number of benzene rings is 1. The van der Waals surface area contributed by atoms with Crippen molar-refractivity contribution in [3.63, 3.8) is 0 Å². The highest BCUT2D eigenvalue weighted by molar-refractivity contribution is 6.31. The van der Waals surface area contributed by atoms with Gasteiger partial charge in [-0.25, -0.2) is 0 Å². The molecule has 0 aliphatic carbocycles. The summed E-state index contributed by atoms with van der Waals surface area (Å²) in [6, 6.07) is 5.17. The van der Waals surface area contributed by atoms with E-state index in [0.29, 0.717) is 29.4 Å². The largest absolute Gasteiger partial charge is 0.329 e. The van der Waals surface area contributed by atoms with E-state index in [4.69, 9.17) is 17.3 Å². The number of aromatic nitrogens is 3. The van der Waals surface area contributed by atoms with E-state index in [1.165, 1.54) is 0 Å². The van der Waals surface area contributed by atoms with Crippen molar-refractivity contribution in [3.05, 3.63) is 46.2 Å². The van der Waals surface area contributed by atoms with Gasteiger partial charge in [-0.15, -0.1) is 5.10 Å². The van der Waals surface area contributed by atoms with Crippen LogP contribution in [0.5, 0.6) is 0 Å². The van der Waals surface area contributed by atoms with Crippen molar-refractivity contribution in [2.24, 2.45) is 5.73 Å². The smallest absolute Gasteiger partial charge is 0.214 e. The number of nitrogens with zero attached hydrogens (tertiary/aromatic N) is 3. The molecule has 2 N–H and O–H groups in total. The number of carbonyl (C=O) groups is 1. The van der Waals surface area contributed by atoms with E-state index in [-0.39, 0.29) is 5.78 Å². The first-order chi connectivity index (χ1) is 8.61. The average molecular weight is 265 g/mol. The molecule has 0 amide bonds. The molecule has 0 atom stereocenters. The minimum atomic E-state index is -0.194. The Labute approximate surface area is 110 Å². The fourth-order valence-corrected chi connectivity index (χ4v) is 1.71. The number of hydrogen-bond donors (Lipinski definition) is 1. The molecule has 1 aromatic heterocycles. The molecule has 0 aliphatic rings. The van der Waals surface area contributed by atoms with E-state index in [1.807, 2.05) is 6.92 Å². The molecule has 1 aromatic carbocycles. The van der Waals surface area contributed by atoms with Crippen LogP contribution in [-0.2, 0) is 6.54 Å². The Bertz CT molecular complexity index is 579. The Balaban J connectivity index is 2.26. The highest BCUT2D eigenvalue weighted by Gasteiger charge is 2.14. The third-order valence-corrected chi connectivity index (χ3v) is 2.97. The predicted octanol–water partition coefficient (Wildman–Crippen LogP) is 1.43. The van der Waals surface area contributed by atoms with Crippen LogP contribution in [0.3, 0.4) is 0 Å². The van der Waals surface area contributed by atoms with Gasteiger partial charge >= 0.3 is 0 Å². The first-order valence-corrected chi connectivity index (χ1v) is 5.90. The van der Waals surface area contributed by atoms with E-state index in [1.54, 1.807) is 29.1 Å². The molecule has 94 valence electrons. The molecular weight excluding hydrogens is 252 g/mol. The molecule has 5 nitrogen and oxygen atoms in total. The molecule has 1 heterocycles. The van der Waals surface area contributed by atoms with E-state index in [2.05, 4.69) is 10.3 Å². The third kappa shape index (κ3) is 2.57. The molecule has 6 heteroatoms. The summed E-state index contributed by atoms with van der Waals surface area (Å²) in [7, 11) is 0. The summed E-state index contributed by atoms with van der Waals surface area (Å²) in [4.78, 5) is 12.1. The highest BCUT2D eigenvalue weighted by Crippen LogP contribution is 2.18. The van der Waals surface area contributed by atoms with E-state index < -0.39 is 0 Å². The maximum Gasteiger partial charge on any atom is 0.214 e. The van der Waals surface area contributed by atoms with Crippen molar-refractivity contribution in [2.45, 2.75) is 13.5 Å². The molecule has 0 bridgehead atoms. The lowest BCUT2D eigenvalue weighted by Crippen LogP contribution is -2.10. The van der Waals surface area contributed by atoms with Gasteiger partial charge in [0.05, 0.1) is 12.7 Å². The number of nitrogens with two attached hydrogens (primary N) is 1. The summed E-state index contributed by atoms with van der Waals surface area (Å²) in [5.74, 6) is -0.194. The number of aryl methyl sites for hydroxylation is 1. The number of ketones is 1. The van der Waals surface area contributed by atoms with Crippen molar-refractivity contribution < 1.29 is 4.79 Å². The lowest BCUT2D eigenvalue weighted by molar-refractivity contribution is 0.103. The van der Waals surface area contributed by atoms with Gasteiger partial charge in [0.15, 0.2) is 5.69 Å². The fraction of sp³-hybridized carbons (Fsp3) is 0.250. The third-order valence-electron chi connectivity index (χ3n) is 2.56. The summed E-state index contributed by atoms with van der Waals surface area (Å²) in [5, 5.41) is 8.22. The first kappa shape index (κ1) is 12.7. The average Bonchev–Trinajstić information content (AvgIpc) is 2.81. The SMILES string of the molecule is Cc1ccc(C(=O)c2cn(CCN)nn2)cc1Cl. The molecule has 0 aliphatic heterocycles. The minimum absolute atomic E-state index is 0.194. The van der Waals surface area contributed by atoms with Crippen LogP contribution >= 0.6 is 11.6 Å². The lowest BCUT2D eigenvalue weighted by Gasteiger charge is -2.00. The Morgan fingerprint density at radius 1 is 1.50 bits per heavy atom. The molecule has 0 radical (unpaired) electrons. The maximum atomic E-state index is 12.1. The maximum absolute atomic E-state index is 12.1. The molecule has 2 aromatic rings. The molecule has 2 rings (SSSR count). The molecule has 0 unspecified atom stereocenters. The quantitative estimate of drug-likeness (QED) is 0.848. The predicted molar refractivity (Wildman–Crippen MR) is 68.7 cm³/mol. The molecule has 0 spiro atoms. The number of hydrogen-bond acceptors (Lipinski definition) is 4. The van der Waals surface area contributed by atoms with Gasteiger partial charge in [0.1, 0.15) is 0 Å². The topological polar surface area (TPSA) is 73.8 Å². The van der Waals surface area contributed by atoms with Crippen LogP contribution in [0.1, 0.15) is 21.6 Å². The van der Waals surface area contributed by atoms with Gasteiger partial charge in [-0.2, -0.15) is 0 Å². The second kappa shape index (κ2) is 5.29. The van der Waals surface area contributed by atoms with E-state index in [9.17, 15) is 4.79 Å². The first-order valence-electron chi connectivity index (χ1n) is 5.53. The van der Waals surface area contributed by atoms with Crippen molar-refractivity contribution in [1.82, 2.24) is 15.0 Å². The lowest BCUT2D eigenvalue weighted by atomic mass is 10.1. The molecule has 0 fully saturated rings. The van der Waals surface area contributed by atoms with Crippen molar-refractivity contribution in [3.8, 4) is 0 Å². The highest BCUT2D eigenvalue weighted by atomic mass is 35.5. The van der Waals surface area contributed by atoms with Crippen molar-refractivity contribution in [2.75, 3.05) is 6.54 Å². The summed E-state index contributed by atoms with van der Waals surface area (Å²) in [6.07, 6.45) is 1.59. The van der Waals surface area contributed by atoms with Crippen LogP contribution in [0.2, 0.25) is 5.02 Å². The molecule has 0 saturated heterocycles. The Morgan fingerprint density at radius 3 is 2.94 bits per heavy atom. The van der Waals surface area contributed by atoms with Gasteiger partial charge in [0.2, 0.25) is 5.78 Å². The van der Waals surface area contributed by atoms with Gasteiger partial charge < -0.3 is 5.73 Å². The zero-order valence-electron chi connectivity index (χ0n) is 9.93. The van der Waals surface area contributed by atoms with Crippen LogP contribution < -0.4 is 5.73 Å². The fourth-order valence-electron chi connectivity index (χ4n) is 1.53. The zero-order chi connectivity index (χ0) is 13.1. The van der Waals surface area contributed by atoms with Crippen LogP contribution in [0, 0.1) is 6.92 Å². The summed E-state index contributed by atoms with van der Waals surface area (Å²) < 4.78 is 1.54. The van der Waals surface area contributed by atoms with Crippen LogP contribution in [0.15, 0.2) is 24.4 Å². The van der Waals surface area contributed by atoms with Gasteiger partial charge in [0.25, 0.3) is 0 Å². The van der Waals surface area contributed by atoms with Crippen LogP contribution in [0.25, 0.3) is 0 Å². The van der Waals surface area contributed by atoms with Gasteiger partial charge in [-0.05, 0) is 18.6 Å². The summed E-state index contributed by atoms with van der Waals surface area (Å²) >= 11 is 5.99. The zero-order valence-corrected chi connectivity index (χ0v) is 10.7. The second-order valence-electron chi connectivity index (χ2n) is 3.95. The monoisotopic (exact) mass is 264 g/mol. The normalized spacial score (nSPS) is 10.6. The van der Waals surface area contributed by atoms with E-state index >= 15 is 0 Å². The number of halogens is 1. The Hall–Kier alpha value is -1.72. The van der Waals surface area contributed by atoms with Gasteiger partial charge in [0, 0.05) is 17.1 Å². The Kier molecular flexibility index (Phi) is 3.74. The standard InChI is InChI=1S/C12H13ClN4O/c1-8-2-3-9(6-10(8)13)12(18)11-7-17(5-4-14)16-15-11/h2-3,6-7H,4-5,14H2,1H3. The van der Waals surface area contributed by atoms with Crippen LogP contribution in [0.4, 0.5) is 0 Å². The molecule has 0 saturated carbocycles. The van der Waals surface area contributed by atoms with Gasteiger partial charge in [-0.3, -0.25) is 9.48 Å². The summed E-state index contributed by atoms with van der Waals surface area (Å²) in [5.41, 5.74) is 7.13. The van der Waals surface area contributed by atoms with E-state index in [0.717, 1.165) is 5.56 Å². The summed E-state index contributed by atoms with van der Waals surface area (Å²) in [6.45, 7) is 2.87. The minimum Gasteiger partial charge on any atom is -0.329 e. The van der Waals surface area contributed by atoms with Crippen molar-refractivity contribution in [1.29, 1.82) is 0 Å². The second-order valence-corrected chi connectivity index (χ2v) is 4.36. The van der Waals surface area contributed by atoms with Gasteiger partial charge in [-0.1, -0.05) is 28.9 Å². The number of carbonyl (C=O) groups excluding carboxylic acids is 1. The number of rotatable bonds is 4. The Morgan fingerprint density at radius 2 is 2.28 bits per heavy atom. The molecule has 18 heavy (non-hydrogen) atoms. The van der Waals surface area contributed by atoms with Crippen molar-refractivity contribution >= 4 is 17.4 Å².